The van der Waals surface area contributed by atoms with Gasteiger partial charge in [-0.1, -0.05) is 18.2 Å². The van der Waals surface area contributed by atoms with Crippen LogP contribution in [0.25, 0.3) is 0 Å². The number of aliphatic hydroxyl groups is 1. The van der Waals surface area contributed by atoms with E-state index < -0.39 is 12.5 Å². The van der Waals surface area contributed by atoms with E-state index in [1.165, 1.54) is 12.1 Å². The number of nitrogens with one attached hydrogen (secondary N) is 1. The van der Waals surface area contributed by atoms with Crippen molar-refractivity contribution in [3.05, 3.63) is 53.0 Å². The minimum atomic E-state index is -3.25. The van der Waals surface area contributed by atoms with E-state index in [-0.39, 0.29) is 11.6 Å². The summed E-state index contributed by atoms with van der Waals surface area (Å²) in [5.74, 6) is -2.49. The van der Waals surface area contributed by atoms with Gasteiger partial charge in [-0.05, 0) is 37.8 Å². The molecule has 0 radical (unpaired) electrons. The number of morpholine rings is 1. The van der Waals surface area contributed by atoms with Crippen LogP contribution in [0.2, 0.25) is 0 Å². The predicted octanol–water partition coefficient (Wildman–Crippen LogP) is 2.92. The van der Waals surface area contributed by atoms with Crippen molar-refractivity contribution in [1.29, 1.82) is 0 Å². The Bertz CT molecular complexity index is 874. The first-order valence-corrected chi connectivity index (χ1v) is 10.5. The zero-order chi connectivity index (χ0) is 21.1. The fourth-order valence-electron chi connectivity index (χ4n) is 4.31. The molecular formula is C22H28F2N4O2. The second-order valence-corrected chi connectivity index (χ2v) is 8.05. The lowest BCUT2D eigenvalue weighted by molar-refractivity contribution is -0.0556. The van der Waals surface area contributed by atoms with Crippen molar-refractivity contribution in [3.8, 4) is 0 Å². The number of alkyl halides is 2. The number of aromatic nitrogens is 2. The summed E-state index contributed by atoms with van der Waals surface area (Å²) < 4.78 is 33.3. The number of rotatable bonds is 6. The van der Waals surface area contributed by atoms with Crippen molar-refractivity contribution in [2.24, 2.45) is 0 Å². The molecule has 1 aromatic carbocycles. The quantitative estimate of drug-likeness (QED) is 0.752. The van der Waals surface area contributed by atoms with Gasteiger partial charge in [-0.15, -0.1) is 0 Å². The van der Waals surface area contributed by atoms with Crippen LogP contribution in [0.4, 0.5) is 14.6 Å². The number of hydrogen-bond donors (Lipinski definition) is 2. The zero-order valence-electron chi connectivity index (χ0n) is 17.2. The van der Waals surface area contributed by atoms with E-state index in [2.05, 4.69) is 20.2 Å². The number of benzene rings is 1. The molecule has 30 heavy (non-hydrogen) atoms. The van der Waals surface area contributed by atoms with E-state index in [1.54, 1.807) is 18.5 Å². The Kier molecular flexibility index (Phi) is 6.26. The summed E-state index contributed by atoms with van der Waals surface area (Å²) in [5, 5.41) is 12.4. The molecule has 1 saturated heterocycles. The van der Waals surface area contributed by atoms with Crippen LogP contribution in [-0.2, 0) is 23.5 Å². The summed E-state index contributed by atoms with van der Waals surface area (Å²) in [7, 11) is 0. The summed E-state index contributed by atoms with van der Waals surface area (Å²) in [6.07, 6.45) is 4.41. The van der Waals surface area contributed by atoms with Gasteiger partial charge < -0.3 is 15.2 Å². The topological polar surface area (TPSA) is 70.5 Å². The number of ether oxygens (including phenoxy) is 1. The van der Waals surface area contributed by atoms with Crippen molar-refractivity contribution >= 4 is 5.82 Å². The van der Waals surface area contributed by atoms with Crippen LogP contribution in [0.15, 0.2) is 30.6 Å². The fourth-order valence-corrected chi connectivity index (χ4v) is 4.31. The van der Waals surface area contributed by atoms with Crippen LogP contribution in [0.1, 0.15) is 41.8 Å². The highest BCUT2D eigenvalue weighted by Gasteiger charge is 2.31. The van der Waals surface area contributed by atoms with Gasteiger partial charge in [0.1, 0.15) is 18.8 Å². The lowest BCUT2D eigenvalue weighted by Crippen LogP contribution is -2.46. The normalized spacial score (nSPS) is 21.1. The molecule has 4 rings (SSSR count). The van der Waals surface area contributed by atoms with E-state index in [1.807, 2.05) is 6.92 Å². The average molecular weight is 418 g/mol. The molecule has 8 heteroatoms. The lowest BCUT2D eigenvalue weighted by atomic mass is 9.90. The highest BCUT2D eigenvalue weighted by Crippen LogP contribution is 2.32. The van der Waals surface area contributed by atoms with E-state index in [0.717, 1.165) is 62.6 Å². The predicted molar refractivity (Wildman–Crippen MR) is 110 cm³/mol. The minimum Gasteiger partial charge on any atom is -0.390 e. The molecule has 2 atom stereocenters. The lowest BCUT2D eigenvalue weighted by Gasteiger charge is -2.37. The maximum Gasteiger partial charge on any atom is 0.295 e. The van der Waals surface area contributed by atoms with E-state index in [9.17, 15) is 8.78 Å². The highest BCUT2D eigenvalue weighted by molar-refractivity contribution is 5.49. The second-order valence-electron chi connectivity index (χ2n) is 8.05. The molecule has 0 bridgehead atoms. The fraction of sp³-hybridized carbons (Fsp3) is 0.545. The van der Waals surface area contributed by atoms with Crippen molar-refractivity contribution in [3.63, 3.8) is 0 Å². The Morgan fingerprint density at radius 3 is 2.87 bits per heavy atom. The van der Waals surface area contributed by atoms with Crippen molar-refractivity contribution in [1.82, 2.24) is 14.9 Å². The number of halogens is 2. The number of aryl methyl sites for hydroxylation is 1. The molecule has 0 spiro atoms. The van der Waals surface area contributed by atoms with Gasteiger partial charge in [-0.3, -0.25) is 4.90 Å². The standard InChI is InChI=1S/C22H28F2N4O2/c1-15(16-3-2-4-17(11-16)22(23,24)13-29)27-21-19-12-18(28-7-9-30-10-8-28)5-6-20(19)25-14-26-21/h2-4,11,14-15,18,29H,5-10,12-13H2,1H3,(H,25,26,27)/t15-,18?/m1/s1. The Hall–Kier alpha value is -2.16. The number of fused-ring (bicyclic) bond motifs is 1. The molecule has 1 aliphatic heterocycles. The van der Waals surface area contributed by atoms with E-state index in [0.29, 0.717) is 11.6 Å². The molecule has 6 nitrogen and oxygen atoms in total. The van der Waals surface area contributed by atoms with Crippen LogP contribution >= 0.6 is 0 Å². The third-order valence-corrected chi connectivity index (χ3v) is 6.11. The molecule has 0 amide bonds. The van der Waals surface area contributed by atoms with Gasteiger partial charge in [0.05, 0.1) is 13.2 Å². The molecule has 2 aromatic rings. The monoisotopic (exact) mass is 418 g/mol. The Labute approximate surface area is 175 Å². The Balaban J connectivity index is 1.53. The molecule has 0 saturated carbocycles. The molecule has 1 aliphatic carbocycles. The van der Waals surface area contributed by atoms with Gasteiger partial charge in [0.25, 0.3) is 5.92 Å². The summed E-state index contributed by atoms with van der Waals surface area (Å²) in [6, 6.07) is 6.40. The third-order valence-electron chi connectivity index (χ3n) is 6.11. The van der Waals surface area contributed by atoms with Crippen LogP contribution in [0.5, 0.6) is 0 Å². The molecular weight excluding hydrogens is 390 g/mol. The van der Waals surface area contributed by atoms with E-state index in [4.69, 9.17) is 9.84 Å². The molecule has 162 valence electrons. The molecule has 1 aromatic heterocycles. The van der Waals surface area contributed by atoms with Crippen LogP contribution in [0.3, 0.4) is 0 Å². The first-order chi connectivity index (χ1) is 14.5. The number of hydrogen-bond acceptors (Lipinski definition) is 6. The first-order valence-electron chi connectivity index (χ1n) is 10.5. The molecule has 1 unspecified atom stereocenters. The van der Waals surface area contributed by atoms with Gasteiger partial charge >= 0.3 is 0 Å². The van der Waals surface area contributed by atoms with Gasteiger partial charge in [0.2, 0.25) is 0 Å². The molecule has 1 fully saturated rings. The summed E-state index contributed by atoms with van der Waals surface area (Å²) >= 11 is 0. The van der Waals surface area contributed by atoms with Crippen molar-refractivity contribution in [2.45, 2.75) is 44.2 Å². The van der Waals surface area contributed by atoms with Gasteiger partial charge in [0, 0.05) is 42.0 Å². The smallest absolute Gasteiger partial charge is 0.295 e. The largest absolute Gasteiger partial charge is 0.390 e. The zero-order valence-corrected chi connectivity index (χ0v) is 17.2. The van der Waals surface area contributed by atoms with E-state index >= 15 is 0 Å². The summed E-state index contributed by atoms with van der Waals surface area (Å²) in [5.41, 5.74) is 2.70. The average Bonchev–Trinajstić information content (AvgIpc) is 2.79. The van der Waals surface area contributed by atoms with Crippen molar-refractivity contribution < 1.29 is 18.6 Å². The number of aliphatic hydroxyl groups excluding tert-OH is 1. The Morgan fingerprint density at radius 1 is 1.30 bits per heavy atom. The van der Waals surface area contributed by atoms with Gasteiger partial charge in [-0.2, -0.15) is 8.78 Å². The summed E-state index contributed by atoms with van der Waals surface area (Å²) in [6.45, 7) is 4.14. The second kappa shape index (κ2) is 8.91. The maximum absolute atomic E-state index is 13.9. The van der Waals surface area contributed by atoms with Crippen LogP contribution < -0.4 is 5.32 Å². The van der Waals surface area contributed by atoms with Gasteiger partial charge in [0.15, 0.2) is 0 Å². The van der Waals surface area contributed by atoms with Gasteiger partial charge in [-0.25, -0.2) is 9.97 Å². The van der Waals surface area contributed by atoms with Crippen LogP contribution in [-0.4, -0.2) is 58.9 Å². The molecule has 2 heterocycles. The first kappa shape index (κ1) is 21.1. The highest BCUT2D eigenvalue weighted by atomic mass is 19.3. The number of nitrogens with zero attached hydrogens (tertiary/aromatic N) is 3. The maximum atomic E-state index is 13.9. The van der Waals surface area contributed by atoms with Crippen LogP contribution in [0, 0.1) is 0 Å². The number of anilines is 1. The molecule has 2 N–H and O–H groups in total. The minimum absolute atomic E-state index is 0.187. The summed E-state index contributed by atoms with van der Waals surface area (Å²) in [4.78, 5) is 11.4. The third kappa shape index (κ3) is 4.45. The van der Waals surface area contributed by atoms with Crippen molar-refractivity contribution in [2.75, 3.05) is 38.2 Å². The SMILES string of the molecule is C[C@@H](Nc1ncnc2c1CC(N1CCOCC1)CC2)c1cccc(C(F)(F)CO)c1. The molecule has 2 aliphatic rings. The Morgan fingerprint density at radius 2 is 2.10 bits per heavy atom.